The van der Waals surface area contributed by atoms with Crippen molar-refractivity contribution in [3.8, 4) is 0 Å². The van der Waals surface area contributed by atoms with Crippen LogP contribution in [-0.4, -0.2) is 48.9 Å². The molecule has 32 heavy (non-hydrogen) atoms. The van der Waals surface area contributed by atoms with Gasteiger partial charge in [0.2, 0.25) is 10.0 Å². The molecule has 2 aromatic carbocycles. The monoisotopic (exact) mass is 471 g/mol. The number of piperazine rings is 1. The second-order valence-electron chi connectivity index (χ2n) is 7.95. The summed E-state index contributed by atoms with van der Waals surface area (Å²) in [7, 11) is -3.59. The maximum absolute atomic E-state index is 13.0. The van der Waals surface area contributed by atoms with Gasteiger partial charge in [-0.3, -0.25) is 0 Å². The first-order valence-electron chi connectivity index (χ1n) is 10.4. The molecule has 0 saturated carbocycles. The van der Waals surface area contributed by atoms with Crippen LogP contribution in [0.4, 0.5) is 17.3 Å². The predicted octanol–water partition coefficient (Wildman–Crippen LogP) is 4.31. The Kier molecular flexibility index (Phi) is 6.37. The van der Waals surface area contributed by atoms with Crippen molar-refractivity contribution < 1.29 is 8.42 Å². The van der Waals surface area contributed by atoms with Gasteiger partial charge in [0.1, 0.15) is 17.5 Å². The number of halogens is 1. The number of nitrogens with one attached hydrogen (secondary N) is 1. The number of hydrogen-bond donors (Lipinski definition) is 1. The molecule has 168 valence electrons. The largest absolute Gasteiger partial charge is 0.354 e. The highest BCUT2D eigenvalue weighted by Crippen LogP contribution is 2.25. The van der Waals surface area contributed by atoms with Crippen LogP contribution < -0.4 is 10.2 Å². The van der Waals surface area contributed by atoms with Crippen molar-refractivity contribution in [2.24, 2.45) is 0 Å². The van der Waals surface area contributed by atoms with Crippen molar-refractivity contribution in [2.75, 3.05) is 36.4 Å². The second kappa shape index (κ2) is 9.05. The van der Waals surface area contributed by atoms with E-state index in [1.54, 1.807) is 12.1 Å². The first kappa shape index (κ1) is 22.5. The van der Waals surface area contributed by atoms with Crippen molar-refractivity contribution in [2.45, 2.75) is 25.7 Å². The minimum atomic E-state index is -3.59. The Labute approximate surface area is 194 Å². The van der Waals surface area contributed by atoms with Gasteiger partial charge in [0.05, 0.1) is 4.90 Å². The lowest BCUT2D eigenvalue weighted by Gasteiger charge is -2.34. The number of rotatable bonds is 5. The molecular weight excluding hydrogens is 446 g/mol. The van der Waals surface area contributed by atoms with Gasteiger partial charge in [-0.2, -0.15) is 4.31 Å². The summed E-state index contributed by atoms with van der Waals surface area (Å²) in [4.78, 5) is 11.4. The summed E-state index contributed by atoms with van der Waals surface area (Å²) in [6, 6.07) is 14.9. The maximum Gasteiger partial charge on any atom is 0.243 e. The SMILES string of the molecule is Cc1ccc(Nc2cc(N3CCN(S(=O)(=O)c4ccc(C)c(Cl)c4)CC3)nc(C)n2)cc1. The van der Waals surface area contributed by atoms with Crippen LogP contribution in [0.15, 0.2) is 53.4 Å². The lowest BCUT2D eigenvalue weighted by Crippen LogP contribution is -2.49. The van der Waals surface area contributed by atoms with Crippen LogP contribution in [-0.2, 0) is 10.0 Å². The van der Waals surface area contributed by atoms with Gasteiger partial charge in [0, 0.05) is 43.0 Å². The number of hydrogen-bond acceptors (Lipinski definition) is 6. The first-order valence-corrected chi connectivity index (χ1v) is 12.2. The van der Waals surface area contributed by atoms with Gasteiger partial charge in [-0.1, -0.05) is 35.4 Å². The van der Waals surface area contributed by atoms with Crippen LogP contribution in [0.1, 0.15) is 17.0 Å². The van der Waals surface area contributed by atoms with Gasteiger partial charge < -0.3 is 10.2 Å². The molecule has 7 nitrogen and oxygen atoms in total. The van der Waals surface area contributed by atoms with Crippen LogP contribution in [0.2, 0.25) is 5.02 Å². The highest BCUT2D eigenvalue weighted by molar-refractivity contribution is 7.89. The molecule has 1 aliphatic heterocycles. The summed E-state index contributed by atoms with van der Waals surface area (Å²) >= 11 is 6.15. The molecule has 0 unspecified atom stereocenters. The Hall–Kier alpha value is -2.68. The Morgan fingerprint density at radius 3 is 2.25 bits per heavy atom. The van der Waals surface area contributed by atoms with Crippen molar-refractivity contribution >= 4 is 38.9 Å². The summed E-state index contributed by atoms with van der Waals surface area (Å²) in [6.07, 6.45) is 0. The Morgan fingerprint density at radius 1 is 0.906 bits per heavy atom. The van der Waals surface area contributed by atoms with Gasteiger partial charge in [-0.25, -0.2) is 18.4 Å². The minimum absolute atomic E-state index is 0.226. The van der Waals surface area contributed by atoms with Gasteiger partial charge in [-0.05, 0) is 50.6 Å². The molecule has 1 fully saturated rings. The summed E-state index contributed by atoms with van der Waals surface area (Å²) in [6.45, 7) is 7.58. The van der Waals surface area contributed by atoms with Crippen LogP contribution in [0, 0.1) is 20.8 Å². The number of anilines is 3. The van der Waals surface area contributed by atoms with Gasteiger partial charge in [0.25, 0.3) is 0 Å². The number of nitrogens with zero attached hydrogens (tertiary/aromatic N) is 4. The number of aryl methyl sites for hydroxylation is 3. The first-order chi connectivity index (χ1) is 15.2. The maximum atomic E-state index is 13.0. The molecule has 0 amide bonds. The van der Waals surface area contributed by atoms with Crippen molar-refractivity contribution in [3.63, 3.8) is 0 Å². The summed E-state index contributed by atoms with van der Waals surface area (Å²) in [5.41, 5.74) is 2.99. The minimum Gasteiger partial charge on any atom is -0.354 e. The highest BCUT2D eigenvalue weighted by atomic mass is 35.5. The molecule has 0 bridgehead atoms. The average molecular weight is 472 g/mol. The molecule has 1 aromatic heterocycles. The molecule has 1 N–H and O–H groups in total. The molecular formula is C23H26ClN5O2S. The zero-order valence-corrected chi connectivity index (χ0v) is 19.9. The number of benzene rings is 2. The molecule has 1 saturated heterocycles. The van der Waals surface area contributed by atoms with E-state index in [2.05, 4.69) is 20.2 Å². The van der Waals surface area contributed by atoms with E-state index in [1.807, 2.05) is 51.1 Å². The third kappa shape index (κ3) is 4.87. The topological polar surface area (TPSA) is 78.4 Å². The van der Waals surface area contributed by atoms with Crippen LogP contribution in [0.5, 0.6) is 0 Å². The molecule has 2 heterocycles. The standard InChI is InChI=1S/C23H26ClN5O2S/c1-16-4-7-19(8-5-16)27-22-15-23(26-18(3)25-22)28-10-12-29(13-11-28)32(30,31)20-9-6-17(2)21(24)14-20/h4-9,14-15H,10-13H2,1-3H3,(H,25,26,27). The number of sulfonamides is 1. The van der Waals surface area contributed by atoms with Crippen LogP contribution in [0.25, 0.3) is 0 Å². The van der Waals surface area contributed by atoms with Gasteiger partial charge in [-0.15, -0.1) is 0 Å². The molecule has 0 radical (unpaired) electrons. The van der Waals surface area contributed by atoms with Gasteiger partial charge in [0.15, 0.2) is 0 Å². The molecule has 0 spiro atoms. The fraction of sp³-hybridized carbons (Fsp3) is 0.304. The zero-order valence-electron chi connectivity index (χ0n) is 18.3. The third-order valence-electron chi connectivity index (χ3n) is 5.49. The lowest BCUT2D eigenvalue weighted by molar-refractivity contribution is 0.383. The van der Waals surface area contributed by atoms with Crippen molar-refractivity contribution in [3.05, 3.63) is 70.5 Å². The number of aromatic nitrogens is 2. The highest BCUT2D eigenvalue weighted by Gasteiger charge is 2.29. The summed E-state index contributed by atoms with van der Waals surface area (Å²) in [5.74, 6) is 2.14. The van der Waals surface area contributed by atoms with E-state index in [0.717, 1.165) is 17.1 Å². The lowest BCUT2D eigenvalue weighted by atomic mass is 10.2. The predicted molar refractivity (Wildman–Crippen MR) is 128 cm³/mol. The van der Waals surface area contributed by atoms with E-state index in [0.29, 0.717) is 42.8 Å². The molecule has 1 aliphatic rings. The molecule has 0 atom stereocenters. The third-order valence-corrected chi connectivity index (χ3v) is 7.79. The van der Waals surface area contributed by atoms with E-state index < -0.39 is 10.0 Å². The Balaban J connectivity index is 1.47. The van der Waals surface area contributed by atoms with E-state index in [9.17, 15) is 8.42 Å². The van der Waals surface area contributed by atoms with Crippen molar-refractivity contribution in [1.29, 1.82) is 0 Å². The summed E-state index contributed by atoms with van der Waals surface area (Å²) in [5, 5.41) is 3.77. The molecule has 3 aromatic rings. The molecule has 0 aliphatic carbocycles. The van der Waals surface area contributed by atoms with E-state index >= 15 is 0 Å². The summed E-state index contributed by atoms with van der Waals surface area (Å²) < 4.78 is 27.6. The molecule has 4 rings (SSSR count). The fourth-order valence-electron chi connectivity index (χ4n) is 3.60. The van der Waals surface area contributed by atoms with Gasteiger partial charge >= 0.3 is 0 Å². The van der Waals surface area contributed by atoms with Crippen LogP contribution in [0.3, 0.4) is 0 Å². The van der Waals surface area contributed by atoms with Crippen LogP contribution >= 0.6 is 11.6 Å². The van der Waals surface area contributed by atoms with E-state index in [-0.39, 0.29) is 4.90 Å². The normalized spacial score (nSPS) is 15.1. The Bertz CT molecular complexity index is 1220. The van der Waals surface area contributed by atoms with Crippen molar-refractivity contribution in [1.82, 2.24) is 14.3 Å². The smallest absolute Gasteiger partial charge is 0.243 e. The van der Waals surface area contributed by atoms with E-state index in [1.165, 1.54) is 15.9 Å². The average Bonchev–Trinajstić information content (AvgIpc) is 2.77. The second-order valence-corrected chi connectivity index (χ2v) is 10.3. The molecule has 9 heteroatoms. The Morgan fingerprint density at radius 2 is 1.59 bits per heavy atom. The quantitative estimate of drug-likeness (QED) is 0.597. The zero-order chi connectivity index (χ0) is 22.9. The fourth-order valence-corrected chi connectivity index (χ4v) is 5.30. The van der Waals surface area contributed by atoms with E-state index in [4.69, 9.17) is 11.6 Å².